The average Bonchev–Trinajstić information content (AvgIpc) is 2.56. The minimum absolute atomic E-state index is 0.789. The van der Waals surface area contributed by atoms with Crippen molar-refractivity contribution in [1.82, 2.24) is 0 Å². The van der Waals surface area contributed by atoms with Crippen LogP contribution in [0.15, 0.2) is 12.1 Å². The lowest BCUT2D eigenvalue weighted by atomic mass is 9.87. The highest BCUT2D eigenvalue weighted by molar-refractivity contribution is 5.45. The third-order valence-corrected chi connectivity index (χ3v) is 3.69. The van der Waals surface area contributed by atoms with Gasteiger partial charge in [0.25, 0.3) is 0 Å². The highest BCUT2D eigenvalue weighted by atomic mass is 14.3. The topological polar surface area (TPSA) is 0 Å². The first-order valence-electron chi connectivity index (χ1n) is 5.70. The van der Waals surface area contributed by atoms with Crippen LogP contribution >= 0.6 is 0 Å². The predicted octanol–water partition coefficient (Wildman–Crippen LogP) is 3.99. The number of benzene rings is 1. The standard InChI is InChI=1S/C14H20/c1-9(2)12-7-8-13-10(3)5-6-11(4)14(12)13/h5-6,9,12H,7-8H2,1-4H3/t12-/m1/s1. The molecule has 1 aliphatic rings. The molecular formula is C14H20. The predicted molar refractivity (Wildman–Crippen MR) is 61.8 cm³/mol. The SMILES string of the molecule is Cc1ccc(C)c2c1CC[C@@H]2C(C)C. The van der Waals surface area contributed by atoms with Crippen LogP contribution in [0, 0.1) is 19.8 Å². The van der Waals surface area contributed by atoms with Gasteiger partial charge in [0.05, 0.1) is 0 Å². The van der Waals surface area contributed by atoms with Crippen molar-refractivity contribution in [2.24, 2.45) is 5.92 Å². The van der Waals surface area contributed by atoms with Crippen LogP contribution in [-0.4, -0.2) is 0 Å². The Kier molecular flexibility index (Phi) is 2.38. The molecule has 1 atom stereocenters. The number of aryl methyl sites for hydroxylation is 2. The molecule has 0 unspecified atom stereocenters. The van der Waals surface area contributed by atoms with Gasteiger partial charge in [-0.15, -0.1) is 0 Å². The smallest absolute Gasteiger partial charge is 0.0130 e. The highest BCUT2D eigenvalue weighted by Gasteiger charge is 2.27. The molecule has 0 amide bonds. The summed E-state index contributed by atoms with van der Waals surface area (Å²) in [6.07, 6.45) is 2.66. The van der Waals surface area contributed by atoms with Gasteiger partial charge in [0.15, 0.2) is 0 Å². The summed E-state index contributed by atoms with van der Waals surface area (Å²) >= 11 is 0. The number of rotatable bonds is 1. The normalized spacial score (nSPS) is 20.2. The molecule has 0 aliphatic heterocycles. The maximum Gasteiger partial charge on any atom is -0.0130 e. The Morgan fingerprint density at radius 1 is 1.14 bits per heavy atom. The molecule has 14 heavy (non-hydrogen) atoms. The molecule has 1 aliphatic carbocycles. The maximum absolute atomic E-state index is 2.35. The van der Waals surface area contributed by atoms with Crippen molar-refractivity contribution in [2.75, 3.05) is 0 Å². The molecular weight excluding hydrogens is 168 g/mol. The molecule has 0 radical (unpaired) electrons. The molecule has 0 spiro atoms. The molecule has 0 saturated heterocycles. The fraction of sp³-hybridized carbons (Fsp3) is 0.571. The molecule has 1 aromatic carbocycles. The fourth-order valence-electron chi connectivity index (χ4n) is 2.85. The number of hydrogen-bond acceptors (Lipinski definition) is 0. The second-order valence-electron chi connectivity index (χ2n) is 4.98. The van der Waals surface area contributed by atoms with E-state index in [1.165, 1.54) is 24.0 Å². The van der Waals surface area contributed by atoms with Crippen LogP contribution in [0.4, 0.5) is 0 Å². The zero-order valence-electron chi connectivity index (χ0n) is 9.72. The van der Waals surface area contributed by atoms with E-state index in [1.807, 2.05) is 0 Å². The first-order valence-corrected chi connectivity index (χ1v) is 5.70. The van der Waals surface area contributed by atoms with E-state index in [0.29, 0.717) is 0 Å². The van der Waals surface area contributed by atoms with Gasteiger partial charge in [0, 0.05) is 0 Å². The summed E-state index contributed by atoms with van der Waals surface area (Å²) in [5.41, 5.74) is 6.30. The van der Waals surface area contributed by atoms with E-state index in [4.69, 9.17) is 0 Å². The molecule has 0 saturated carbocycles. The van der Waals surface area contributed by atoms with Crippen LogP contribution in [0.2, 0.25) is 0 Å². The lowest BCUT2D eigenvalue weighted by Gasteiger charge is -2.18. The van der Waals surface area contributed by atoms with Crippen molar-refractivity contribution in [3.05, 3.63) is 34.4 Å². The molecule has 0 nitrogen and oxygen atoms in total. The van der Waals surface area contributed by atoms with E-state index in [-0.39, 0.29) is 0 Å². The zero-order chi connectivity index (χ0) is 10.3. The van der Waals surface area contributed by atoms with Crippen LogP contribution in [0.5, 0.6) is 0 Å². The first kappa shape index (κ1) is 9.76. The Hall–Kier alpha value is -0.780. The zero-order valence-corrected chi connectivity index (χ0v) is 9.72. The van der Waals surface area contributed by atoms with Crippen molar-refractivity contribution in [3.8, 4) is 0 Å². The van der Waals surface area contributed by atoms with Crippen LogP contribution < -0.4 is 0 Å². The molecule has 76 valence electrons. The lowest BCUT2D eigenvalue weighted by molar-refractivity contribution is 0.494. The third-order valence-electron chi connectivity index (χ3n) is 3.69. The Bertz CT molecular complexity index is 347. The van der Waals surface area contributed by atoms with Crippen molar-refractivity contribution in [2.45, 2.75) is 46.5 Å². The maximum atomic E-state index is 2.35. The molecule has 2 rings (SSSR count). The largest absolute Gasteiger partial charge is 0.0622 e. The van der Waals surface area contributed by atoms with Gasteiger partial charge < -0.3 is 0 Å². The Labute approximate surface area is 87.3 Å². The summed E-state index contributed by atoms with van der Waals surface area (Å²) in [5, 5.41) is 0. The van der Waals surface area contributed by atoms with Gasteiger partial charge in [-0.1, -0.05) is 26.0 Å². The van der Waals surface area contributed by atoms with E-state index < -0.39 is 0 Å². The molecule has 0 N–H and O–H groups in total. The Balaban J connectivity index is 2.53. The van der Waals surface area contributed by atoms with Gasteiger partial charge in [0.2, 0.25) is 0 Å². The molecule has 1 aromatic rings. The van der Waals surface area contributed by atoms with E-state index in [1.54, 1.807) is 11.1 Å². The summed E-state index contributed by atoms with van der Waals surface area (Å²) in [6, 6.07) is 4.56. The molecule has 0 bridgehead atoms. The van der Waals surface area contributed by atoms with Crippen molar-refractivity contribution >= 4 is 0 Å². The van der Waals surface area contributed by atoms with E-state index >= 15 is 0 Å². The third kappa shape index (κ3) is 1.37. The fourth-order valence-corrected chi connectivity index (χ4v) is 2.85. The summed E-state index contributed by atoms with van der Waals surface area (Å²) in [5.74, 6) is 1.60. The van der Waals surface area contributed by atoms with Crippen molar-refractivity contribution < 1.29 is 0 Å². The molecule has 0 heteroatoms. The van der Waals surface area contributed by atoms with Gasteiger partial charge in [-0.25, -0.2) is 0 Å². The van der Waals surface area contributed by atoms with E-state index in [9.17, 15) is 0 Å². The van der Waals surface area contributed by atoms with Gasteiger partial charge >= 0.3 is 0 Å². The van der Waals surface area contributed by atoms with Gasteiger partial charge in [0.1, 0.15) is 0 Å². The molecule has 0 heterocycles. The highest BCUT2D eigenvalue weighted by Crippen LogP contribution is 2.41. The Morgan fingerprint density at radius 3 is 2.43 bits per heavy atom. The lowest BCUT2D eigenvalue weighted by Crippen LogP contribution is -2.04. The van der Waals surface area contributed by atoms with Gasteiger partial charge in [-0.2, -0.15) is 0 Å². The van der Waals surface area contributed by atoms with Crippen LogP contribution in [-0.2, 0) is 6.42 Å². The van der Waals surface area contributed by atoms with Gasteiger partial charge in [-0.3, -0.25) is 0 Å². The average molecular weight is 188 g/mol. The quantitative estimate of drug-likeness (QED) is 0.625. The summed E-state index contributed by atoms with van der Waals surface area (Å²) in [4.78, 5) is 0. The summed E-state index contributed by atoms with van der Waals surface area (Å²) in [6.45, 7) is 9.21. The summed E-state index contributed by atoms with van der Waals surface area (Å²) in [7, 11) is 0. The second kappa shape index (κ2) is 3.42. The molecule has 0 aromatic heterocycles. The van der Waals surface area contributed by atoms with Crippen LogP contribution in [0.25, 0.3) is 0 Å². The monoisotopic (exact) mass is 188 g/mol. The van der Waals surface area contributed by atoms with Crippen molar-refractivity contribution in [1.29, 1.82) is 0 Å². The first-order chi connectivity index (χ1) is 6.61. The van der Waals surface area contributed by atoms with Crippen molar-refractivity contribution in [3.63, 3.8) is 0 Å². The van der Waals surface area contributed by atoms with Crippen LogP contribution in [0.1, 0.15) is 48.4 Å². The summed E-state index contributed by atoms with van der Waals surface area (Å²) < 4.78 is 0. The van der Waals surface area contributed by atoms with Gasteiger partial charge in [-0.05, 0) is 60.8 Å². The Morgan fingerprint density at radius 2 is 1.79 bits per heavy atom. The number of hydrogen-bond donors (Lipinski definition) is 0. The number of fused-ring (bicyclic) bond motifs is 1. The minimum Gasteiger partial charge on any atom is -0.0622 e. The minimum atomic E-state index is 0.789. The molecule has 0 fully saturated rings. The second-order valence-corrected chi connectivity index (χ2v) is 4.98. The van der Waals surface area contributed by atoms with Crippen LogP contribution in [0.3, 0.4) is 0 Å². The van der Waals surface area contributed by atoms with E-state index in [0.717, 1.165) is 11.8 Å². The van der Waals surface area contributed by atoms with E-state index in [2.05, 4.69) is 39.8 Å².